The van der Waals surface area contributed by atoms with Crippen LogP contribution >= 0.6 is 0 Å². The van der Waals surface area contributed by atoms with Crippen LogP contribution < -0.4 is 0 Å². The van der Waals surface area contributed by atoms with Crippen LogP contribution in [0, 0.1) is 5.41 Å². The second-order valence-corrected chi connectivity index (χ2v) is 3.79. The molecule has 17 heavy (non-hydrogen) atoms. The zero-order valence-corrected chi connectivity index (χ0v) is 10.9. The fourth-order valence-corrected chi connectivity index (χ4v) is 1.68. The van der Waals surface area contributed by atoms with E-state index < -0.39 is 23.3 Å². The molecule has 0 unspecified atom stereocenters. The van der Waals surface area contributed by atoms with Gasteiger partial charge in [-0.05, 0) is 19.8 Å². The molecule has 0 rings (SSSR count). The standard InChI is InChI=1S/C12H20O5/c1-5-8-12(6-2,10(14)16-7-3)11(15)17-9(4)13/h5-8H2,1-4H3/t12-/m0/s1. The highest BCUT2D eigenvalue weighted by molar-refractivity contribution is 6.03. The molecule has 0 aliphatic heterocycles. The maximum Gasteiger partial charge on any atom is 0.331 e. The lowest BCUT2D eigenvalue weighted by Gasteiger charge is -2.26. The zero-order chi connectivity index (χ0) is 13.5. The molecule has 0 radical (unpaired) electrons. The van der Waals surface area contributed by atoms with Gasteiger partial charge in [0.25, 0.3) is 0 Å². The van der Waals surface area contributed by atoms with Gasteiger partial charge in [-0.1, -0.05) is 20.3 Å². The molecule has 98 valence electrons. The van der Waals surface area contributed by atoms with E-state index in [1.807, 2.05) is 6.92 Å². The van der Waals surface area contributed by atoms with Crippen molar-refractivity contribution in [2.24, 2.45) is 5.41 Å². The van der Waals surface area contributed by atoms with Crippen molar-refractivity contribution in [1.82, 2.24) is 0 Å². The molecule has 0 aromatic rings. The Morgan fingerprint density at radius 2 is 1.65 bits per heavy atom. The average Bonchev–Trinajstić information content (AvgIpc) is 2.25. The van der Waals surface area contributed by atoms with Gasteiger partial charge in [-0.2, -0.15) is 0 Å². The fourth-order valence-electron chi connectivity index (χ4n) is 1.68. The van der Waals surface area contributed by atoms with Gasteiger partial charge < -0.3 is 9.47 Å². The predicted molar refractivity (Wildman–Crippen MR) is 61.0 cm³/mol. The second-order valence-electron chi connectivity index (χ2n) is 3.79. The van der Waals surface area contributed by atoms with Crippen LogP contribution in [0.25, 0.3) is 0 Å². The molecule has 0 fully saturated rings. The third kappa shape index (κ3) is 3.84. The molecule has 0 aliphatic rings. The van der Waals surface area contributed by atoms with Crippen LogP contribution in [0.5, 0.6) is 0 Å². The minimum Gasteiger partial charge on any atom is -0.465 e. The van der Waals surface area contributed by atoms with Crippen molar-refractivity contribution in [3.05, 3.63) is 0 Å². The summed E-state index contributed by atoms with van der Waals surface area (Å²) in [5.41, 5.74) is -1.35. The molecule has 0 amide bonds. The van der Waals surface area contributed by atoms with E-state index in [1.54, 1.807) is 13.8 Å². The summed E-state index contributed by atoms with van der Waals surface area (Å²) in [6, 6.07) is 0. The lowest BCUT2D eigenvalue weighted by molar-refractivity contribution is -0.176. The average molecular weight is 244 g/mol. The normalized spacial score (nSPS) is 13.6. The van der Waals surface area contributed by atoms with Crippen molar-refractivity contribution in [2.75, 3.05) is 6.61 Å². The van der Waals surface area contributed by atoms with E-state index >= 15 is 0 Å². The van der Waals surface area contributed by atoms with Crippen molar-refractivity contribution in [2.45, 2.75) is 47.0 Å². The Bertz CT molecular complexity index is 297. The lowest BCUT2D eigenvalue weighted by Crippen LogP contribution is -2.42. The van der Waals surface area contributed by atoms with Gasteiger partial charge in [0.2, 0.25) is 0 Å². The summed E-state index contributed by atoms with van der Waals surface area (Å²) in [6.07, 6.45) is 1.19. The van der Waals surface area contributed by atoms with Crippen molar-refractivity contribution in [1.29, 1.82) is 0 Å². The smallest absolute Gasteiger partial charge is 0.331 e. The van der Waals surface area contributed by atoms with Crippen molar-refractivity contribution in [3.63, 3.8) is 0 Å². The van der Waals surface area contributed by atoms with Crippen LogP contribution in [-0.2, 0) is 23.9 Å². The maximum atomic E-state index is 11.9. The van der Waals surface area contributed by atoms with Gasteiger partial charge in [0.15, 0.2) is 5.41 Å². The number of carbonyl (C=O) groups excluding carboxylic acids is 3. The third-order valence-electron chi connectivity index (χ3n) is 2.57. The molecule has 0 saturated heterocycles. The van der Waals surface area contributed by atoms with Gasteiger partial charge in [-0.3, -0.25) is 14.4 Å². The molecular weight excluding hydrogens is 224 g/mol. The Hall–Kier alpha value is -1.39. The van der Waals surface area contributed by atoms with Crippen molar-refractivity contribution < 1.29 is 23.9 Å². The maximum absolute atomic E-state index is 11.9. The van der Waals surface area contributed by atoms with Gasteiger partial charge in [-0.15, -0.1) is 0 Å². The summed E-state index contributed by atoms with van der Waals surface area (Å²) in [7, 11) is 0. The first kappa shape index (κ1) is 15.6. The number of esters is 3. The van der Waals surface area contributed by atoms with Gasteiger partial charge >= 0.3 is 17.9 Å². The summed E-state index contributed by atoms with van der Waals surface area (Å²) in [4.78, 5) is 34.6. The molecular formula is C12H20O5. The van der Waals surface area contributed by atoms with Gasteiger partial charge in [0, 0.05) is 6.92 Å². The summed E-state index contributed by atoms with van der Waals surface area (Å²) in [5, 5.41) is 0. The molecule has 0 bridgehead atoms. The zero-order valence-electron chi connectivity index (χ0n) is 10.9. The summed E-state index contributed by atoms with van der Waals surface area (Å²) in [6.45, 7) is 6.55. The Balaban J connectivity index is 5.11. The van der Waals surface area contributed by atoms with Crippen LogP contribution in [0.4, 0.5) is 0 Å². The minimum absolute atomic E-state index is 0.192. The van der Waals surface area contributed by atoms with E-state index in [4.69, 9.17) is 4.74 Å². The number of hydrogen-bond donors (Lipinski definition) is 0. The van der Waals surface area contributed by atoms with E-state index in [1.165, 1.54) is 0 Å². The first-order chi connectivity index (χ1) is 7.94. The molecule has 0 aromatic heterocycles. The number of hydrogen-bond acceptors (Lipinski definition) is 5. The monoisotopic (exact) mass is 244 g/mol. The predicted octanol–water partition coefficient (Wildman–Crippen LogP) is 1.84. The van der Waals surface area contributed by atoms with Crippen LogP contribution in [0.2, 0.25) is 0 Å². The summed E-state index contributed by atoms with van der Waals surface area (Å²) >= 11 is 0. The first-order valence-electron chi connectivity index (χ1n) is 5.84. The molecule has 0 heterocycles. The molecule has 5 nitrogen and oxygen atoms in total. The highest BCUT2D eigenvalue weighted by atomic mass is 16.6. The van der Waals surface area contributed by atoms with Gasteiger partial charge in [-0.25, -0.2) is 0 Å². The first-order valence-corrected chi connectivity index (χ1v) is 5.84. The summed E-state index contributed by atoms with van der Waals surface area (Å²) < 4.78 is 9.45. The van der Waals surface area contributed by atoms with Crippen LogP contribution in [-0.4, -0.2) is 24.5 Å². The van der Waals surface area contributed by atoms with E-state index in [-0.39, 0.29) is 13.0 Å². The van der Waals surface area contributed by atoms with Crippen molar-refractivity contribution in [3.8, 4) is 0 Å². The quantitative estimate of drug-likeness (QED) is 0.526. The minimum atomic E-state index is -1.35. The van der Waals surface area contributed by atoms with Crippen LogP contribution in [0.15, 0.2) is 0 Å². The van der Waals surface area contributed by atoms with Crippen molar-refractivity contribution >= 4 is 17.9 Å². The Morgan fingerprint density at radius 3 is 2.00 bits per heavy atom. The Labute approximate surface area is 101 Å². The highest BCUT2D eigenvalue weighted by Crippen LogP contribution is 2.31. The molecule has 0 N–H and O–H groups in total. The van der Waals surface area contributed by atoms with E-state index in [0.29, 0.717) is 12.8 Å². The molecule has 0 aliphatic carbocycles. The van der Waals surface area contributed by atoms with Crippen LogP contribution in [0.3, 0.4) is 0 Å². The lowest BCUT2D eigenvalue weighted by atomic mass is 9.81. The van der Waals surface area contributed by atoms with Crippen LogP contribution in [0.1, 0.15) is 47.0 Å². The van der Waals surface area contributed by atoms with E-state index in [9.17, 15) is 14.4 Å². The number of rotatable bonds is 6. The van der Waals surface area contributed by atoms with E-state index in [0.717, 1.165) is 6.92 Å². The molecule has 0 spiro atoms. The highest BCUT2D eigenvalue weighted by Gasteiger charge is 2.47. The largest absolute Gasteiger partial charge is 0.465 e. The van der Waals surface area contributed by atoms with Gasteiger partial charge in [0.05, 0.1) is 6.61 Å². The fraction of sp³-hybridized carbons (Fsp3) is 0.750. The van der Waals surface area contributed by atoms with Gasteiger partial charge in [0.1, 0.15) is 0 Å². The third-order valence-corrected chi connectivity index (χ3v) is 2.57. The number of carbonyl (C=O) groups is 3. The van der Waals surface area contributed by atoms with E-state index in [2.05, 4.69) is 4.74 Å². The molecule has 1 atom stereocenters. The molecule has 0 saturated carbocycles. The SMILES string of the molecule is CCC[C@@](CC)(C(=O)OCC)C(=O)OC(C)=O. The summed E-state index contributed by atoms with van der Waals surface area (Å²) in [5.74, 6) is -2.14. The number of ether oxygens (including phenoxy) is 2. The molecule has 5 heteroatoms. The Morgan fingerprint density at radius 1 is 1.06 bits per heavy atom. The topological polar surface area (TPSA) is 69.7 Å². The molecule has 0 aromatic carbocycles. The second kappa shape index (κ2) is 7.04. The Kier molecular flexibility index (Phi) is 6.46.